The number of carbonyl (C=O) groups excluding carboxylic acids is 1. The van der Waals surface area contributed by atoms with Gasteiger partial charge in [0.1, 0.15) is 5.82 Å². The number of nitrogens with two attached hydrogens (primary N) is 1. The van der Waals surface area contributed by atoms with Crippen molar-refractivity contribution in [1.82, 2.24) is 4.98 Å². The van der Waals surface area contributed by atoms with Gasteiger partial charge in [-0.2, -0.15) is 0 Å². The molecule has 3 N–H and O–H groups in total. The summed E-state index contributed by atoms with van der Waals surface area (Å²) in [6.07, 6.45) is 0.888. The first-order chi connectivity index (χ1) is 7.69. The van der Waals surface area contributed by atoms with E-state index in [1.54, 1.807) is 19.1 Å². The molecular weight excluding hydrogens is 206 g/mol. The van der Waals surface area contributed by atoms with Crippen molar-refractivity contribution >= 4 is 11.8 Å². The third-order valence-electron chi connectivity index (χ3n) is 2.18. The molecule has 0 aliphatic carbocycles. The summed E-state index contributed by atoms with van der Waals surface area (Å²) in [6.45, 7) is 3.20. The molecule has 5 nitrogen and oxygen atoms in total. The molecule has 0 radical (unpaired) electrons. The topological polar surface area (TPSA) is 77.2 Å². The number of anilines is 1. The van der Waals surface area contributed by atoms with Crippen molar-refractivity contribution in [1.29, 1.82) is 0 Å². The zero-order chi connectivity index (χ0) is 12.0. The number of aryl methyl sites for hydroxylation is 1. The lowest BCUT2D eigenvalue weighted by Gasteiger charge is -2.07. The lowest BCUT2D eigenvalue weighted by atomic mass is 10.2. The molecule has 0 fully saturated rings. The van der Waals surface area contributed by atoms with Crippen molar-refractivity contribution in [2.24, 2.45) is 5.73 Å². The van der Waals surface area contributed by atoms with Crippen molar-refractivity contribution in [3.8, 4) is 0 Å². The van der Waals surface area contributed by atoms with E-state index < -0.39 is 0 Å². The minimum atomic E-state index is -0.362. The molecule has 0 aliphatic heterocycles. The Morgan fingerprint density at radius 1 is 1.56 bits per heavy atom. The van der Waals surface area contributed by atoms with Crippen LogP contribution in [0, 0.1) is 6.92 Å². The predicted molar refractivity (Wildman–Crippen MR) is 62.5 cm³/mol. The van der Waals surface area contributed by atoms with Gasteiger partial charge in [-0.05, 0) is 32.0 Å². The van der Waals surface area contributed by atoms with Gasteiger partial charge in [0.2, 0.25) is 0 Å². The summed E-state index contributed by atoms with van der Waals surface area (Å²) in [5, 5.41) is 3.13. The molecule has 88 valence electrons. The van der Waals surface area contributed by atoms with Crippen molar-refractivity contribution < 1.29 is 9.53 Å². The Morgan fingerprint density at radius 3 is 2.88 bits per heavy atom. The van der Waals surface area contributed by atoms with Crippen molar-refractivity contribution in [2.45, 2.75) is 13.3 Å². The van der Waals surface area contributed by atoms with Gasteiger partial charge in [0, 0.05) is 6.54 Å². The summed E-state index contributed by atoms with van der Waals surface area (Å²) in [6, 6.07) is 3.47. The number of nitrogens with zero attached hydrogens (tertiary/aromatic N) is 1. The standard InChI is InChI=1S/C11H17N3O2/c1-8-9(11(15)16-2)4-5-10(14-8)13-7-3-6-12/h4-5H,3,6-7,12H2,1-2H3,(H,13,14). The molecule has 1 aromatic rings. The highest BCUT2D eigenvalue weighted by atomic mass is 16.5. The maximum absolute atomic E-state index is 11.3. The molecule has 0 saturated heterocycles. The number of pyridine rings is 1. The second-order valence-corrected chi connectivity index (χ2v) is 3.39. The molecule has 0 spiro atoms. The second kappa shape index (κ2) is 6.07. The van der Waals surface area contributed by atoms with Gasteiger partial charge in [-0.15, -0.1) is 0 Å². The highest BCUT2D eigenvalue weighted by Gasteiger charge is 2.10. The monoisotopic (exact) mass is 223 g/mol. The van der Waals surface area contributed by atoms with Crippen LogP contribution >= 0.6 is 0 Å². The van der Waals surface area contributed by atoms with Crippen LogP contribution in [0.4, 0.5) is 5.82 Å². The van der Waals surface area contributed by atoms with Crippen LogP contribution < -0.4 is 11.1 Å². The highest BCUT2D eigenvalue weighted by Crippen LogP contribution is 2.11. The van der Waals surface area contributed by atoms with E-state index in [9.17, 15) is 4.79 Å². The Labute approximate surface area is 95.0 Å². The number of carbonyl (C=O) groups is 1. The third kappa shape index (κ3) is 3.20. The molecule has 0 aliphatic rings. The first kappa shape index (κ1) is 12.4. The van der Waals surface area contributed by atoms with E-state index in [-0.39, 0.29) is 5.97 Å². The van der Waals surface area contributed by atoms with Gasteiger partial charge < -0.3 is 15.8 Å². The van der Waals surface area contributed by atoms with E-state index in [1.165, 1.54) is 7.11 Å². The van der Waals surface area contributed by atoms with Crippen LogP contribution in [0.3, 0.4) is 0 Å². The van der Waals surface area contributed by atoms with Crippen molar-refractivity contribution in [2.75, 3.05) is 25.5 Å². The maximum Gasteiger partial charge on any atom is 0.339 e. The number of aromatic nitrogens is 1. The van der Waals surface area contributed by atoms with Crippen molar-refractivity contribution in [3.05, 3.63) is 23.4 Å². The fourth-order valence-corrected chi connectivity index (χ4v) is 1.30. The molecule has 5 heteroatoms. The van der Waals surface area contributed by atoms with Gasteiger partial charge in [0.25, 0.3) is 0 Å². The summed E-state index contributed by atoms with van der Waals surface area (Å²) >= 11 is 0. The minimum Gasteiger partial charge on any atom is -0.465 e. The molecule has 0 unspecified atom stereocenters. The van der Waals surface area contributed by atoms with Gasteiger partial charge in [0.15, 0.2) is 0 Å². The maximum atomic E-state index is 11.3. The van der Waals surface area contributed by atoms with Gasteiger partial charge in [0.05, 0.1) is 18.4 Å². The van der Waals surface area contributed by atoms with Gasteiger partial charge in [-0.25, -0.2) is 9.78 Å². The fraction of sp³-hybridized carbons (Fsp3) is 0.455. The quantitative estimate of drug-likeness (QED) is 0.573. The number of hydrogen-bond donors (Lipinski definition) is 2. The smallest absolute Gasteiger partial charge is 0.339 e. The number of rotatable bonds is 5. The third-order valence-corrected chi connectivity index (χ3v) is 2.18. The number of hydrogen-bond acceptors (Lipinski definition) is 5. The van der Waals surface area contributed by atoms with Crippen LogP contribution in [0.5, 0.6) is 0 Å². The molecule has 1 heterocycles. The Morgan fingerprint density at radius 2 is 2.31 bits per heavy atom. The first-order valence-corrected chi connectivity index (χ1v) is 5.19. The summed E-state index contributed by atoms with van der Waals surface area (Å²) in [4.78, 5) is 15.6. The summed E-state index contributed by atoms with van der Waals surface area (Å²) in [7, 11) is 1.36. The van der Waals surface area contributed by atoms with E-state index >= 15 is 0 Å². The molecule has 0 bridgehead atoms. The molecular formula is C11H17N3O2. The summed E-state index contributed by atoms with van der Waals surface area (Å²) < 4.78 is 4.64. The fourth-order valence-electron chi connectivity index (χ4n) is 1.30. The average molecular weight is 223 g/mol. The number of methoxy groups -OCH3 is 1. The number of esters is 1. The van der Waals surface area contributed by atoms with E-state index in [1.807, 2.05) is 0 Å². The number of nitrogens with one attached hydrogen (secondary N) is 1. The number of ether oxygens (including phenoxy) is 1. The Balaban J connectivity index is 2.71. The van der Waals surface area contributed by atoms with Crippen LogP contribution in [0.15, 0.2) is 12.1 Å². The van der Waals surface area contributed by atoms with Crippen LogP contribution in [0.25, 0.3) is 0 Å². The lowest BCUT2D eigenvalue weighted by molar-refractivity contribution is 0.0599. The van der Waals surface area contributed by atoms with E-state index in [4.69, 9.17) is 5.73 Å². The first-order valence-electron chi connectivity index (χ1n) is 5.19. The van der Waals surface area contributed by atoms with Gasteiger partial charge in [-0.1, -0.05) is 0 Å². The van der Waals surface area contributed by atoms with Gasteiger partial charge in [-0.3, -0.25) is 0 Å². The predicted octanol–water partition coefficient (Wildman–Crippen LogP) is 0.937. The van der Waals surface area contributed by atoms with Crippen LogP contribution in [0.2, 0.25) is 0 Å². The average Bonchev–Trinajstić information content (AvgIpc) is 2.29. The Hall–Kier alpha value is -1.62. The minimum absolute atomic E-state index is 0.362. The van der Waals surface area contributed by atoms with E-state index in [0.717, 1.165) is 18.8 Å². The molecule has 1 rings (SSSR count). The molecule has 16 heavy (non-hydrogen) atoms. The zero-order valence-corrected chi connectivity index (χ0v) is 9.62. The molecule has 0 saturated carbocycles. The van der Waals surface area contributed by atoms with Crippen LogP contribution in [-0.2, 0) is 4.74 Å². The largest absolute Gasteiger partial charge is 0.465 e. The van der Waals surface area contributed by atoms with E-state index in [2.05, 4.69) is 15.0 Å². The Bertz CT molecular complexity index is 366. The molecule has 0 aromatic carbocycles. The summed E-state index contributed by atoms with van der Waals surface area (Å²) in [5.41, 5.74) is 6.53. The summed E-state index contributed by atoms with van der Waals surface area (Å²) in [5.74, 6) is 0.386. The lowest BCUT2D eigenvalue weighted by Crippen LogP contribution is -2.11. The molecule has 0 atom stereocenters. The van der Waals surface area contributed by atoms with Crippen LogP contribution in [0.1, 0.15) is 22.5 Å². The van der Waals surface area contributed by atoms with Gasteiger partial charge >= 0.3 is 5.97 Å². The zero-order valence-electron chi connectivity index (χ0n) is 9.62. The normalized spacial score (nSPS) is 9.94. The van der Waals surface area contributed by atoms with E-state index in [0.29, 0.717) is 17.8 Å². The SMILES string of the molecule is COC(=O)c1ccc(NCCCN)nc1C. The Kier molecular flexibility index (Phi) is 4.72. The van der Waals surface area contributed by atoms with Crippen molar-refractivity contribution in [3.63, 3.8) is 0 Å². The molecule has 0 amide bonds. The highest BCUT2D eigenvalue weighted by molar-refractivity contribution is 5.90. The second-order valence-electron chi connectivity index (χ2n) is 3.39. The molecule has 1 aromatic heterocycles. The van der Waals surface area contributed by atoms with Crippen LogP contribution in [-0.4, -0.2) is 31.2 Å².